The lowest BCUT2D eigenvalue weighted by molar-refractivity contribution is -0.00425. The molecule has 0 aromatic carbocycles. The molecule has 2 unspecified atom stereocenters. The molecule has 0 aromatic rings. The third kappa shape index (κ3) is 50.0. The summed E-state index contributed by atoms with van der Waals surface area (Å²) in [4.78, 5) is 0. The van der Waals surface area contributed by atoms with Crippen molar-refractivity contribution in [3.05, 3.63) is 0 Å². The summed E-state index contributed by atoms with van der Waals surface area (Å²) in [6.07, 6.45) is -0.402. The first kappa shape index (κ1) is 35.1. The van der Waals surface area contributed by atoms with E-state index >= 15 is 0 Å². The van der Waals surface area contributed by atoms with E-state index < -0.39 is 42.6 Å². The van der Waals surface area contributed by atoms with Gasteiger partial charge in [-0.25, -0.2) is 0 Å². The number of hydrogen-bond acceptors (Lipinski definition) is 9. The van der Waals surface area contributed by atoms with E-state index in [1.165, 1.54) is 6.92 Å². The van der Waals surface area contributed by atoms with Crippen molar-refractivity contribution in [2.75, 3.05) is 23.9 Å². The van der Waals surface area contributed by atoms with Crippen molar-refractivity contribution < 1.29 is 54.2 Å². The van der Waals surface area contributed by atoms with Gasteiger partial charge < -0.3 is 15.3 Å². The molecular weight excluding hydrogens is 444 g/mol. The highest BCUT2D eigenvalue weighted by Crippen LogP contribution is 1.87. The molecule has 2 atom stereocenters. The molecule has 6 N–H and O–H groups in total. The van der Waals surface area contributed by atoms with Gasteiger partial charge in [0.05, 0.1) is 30.0 Å². The molecule has 0 spiro atoms. The van der Waals surface area contributed by atoms with E-state index in [1.807, 2.05) is 0 Å². The molecule has 0 aliphatic heterocycles. The van der Waals surface area contributed by atoms with E-state index in [4.69, 9.17) is 29.0 Å². The van der Waals surface area contributed by atoms with Crippen LogP contribution in [0.15, 0.2) is 0 Å². The van der Waals surface area contributed by atoms with Crippen molar-refractivity contribution >= 4 is 30.4 Å². The Morgan fingerprint density at radius 1 is 0.643 bits per heavy atom. The number of hydrogen-bond donors (Lipinski definition) is 6. The molecule has 0 heterocycles. The second-order valence-electron chi connectivity index (χ2n) is 5.35. The monoisotopic (exact) mass is 478 g/mol. The highest BCUT2D eigenvalue weighted by atomic mass is 32.2. The minimum Gasteiger partial charge on any atom is -0.394 e. The van der Waals surface area contributed by atoms with Gasteiger partial charge >= 0.3 is 0 Å². The van der Waals surface area contributed by atoms with Crippen LogP contribution in [0.3, 0.4) is 0 Å². The smallest absolute Gasteiger partial charge is 0.264 e. The normalized spacial score (nSPS) is 13.5. The summed E-state index contributed by atoms with van der Waals surface area (Å²) in [5.41, 5.74) is 0. The maximum Gasteiger partial charge on any atom is 0.264 e. The molecule has 15 heteroatoms. The van der Waals surface area contributed by atoms with Gasteiger partial charge in [-0.15, -0.1) is 0 Å². The Morgan fingerprint density at radius 2 is 0.857 bits per heavy atom. The molecule has 176 valence electrons. The number of aliphatic hydroxyl groups excluding tert-OH is 3. The van der Waals surface area contributed by atoms with Crippen LogP contribution in [0.2, 0.25) is 0 Å². The lowest BCUT2D eigenvalue weighted by Gasteiger charge is -2.07. The number of aliphatic hydroxyl groups is 3. The Labute approximate surface area is 167 Å². The van der Waals surface area contributed by atoms with Gasteiger partial charge in [-0.05, 0) is 26.2 Å². The molecule has 0 aliphatic rings. The SMILES string of the molecule is CC(O)C(O)CO.CCCS(=O)(=O)O.CCCS(=O)(=O)O.CCCS(=O)(=O)O. The number of rotatable bonds is 8. The summed E-state index contributed by atoms with van der Waals surface area (Å²) in [6.45, 7) is 6.11. The fourth-order valence-electron chi connectivity index (χ4n) is 0.926. The first-order valence-electron chi connectivity index (χ1n) is 8.19. The summed E-state index contributed by atoms with van der Waals surface area (Å²) >= 11 is 0. The molecular formula is C13H34O12S3. The van der Waals surface area contributed by atoms with E-state index in [0.717, 1.165) is 0 Å². The van der Waals surface area contributed by atoms with Crippen molar-refractivity contribution in [1.29, 1.82) is 0 Å². The van der Waals surface area contributed by atoms with Crippen molar-refractivity contribution in [2.45, 2.75) is 59.2 Å². The van der Waals surface area contributed by atoms with E-state index in [0.29, 0.717) is 19.3 Å². The summed E-state index contributed by atoms with van der Waals surface area (Å²) < 4.78 is 82.7. The van der Waals surface area contributed by atoms with Crippen LogP contribution in [0.5, 0.6) is 0 Å². The zero-order valence-corrected chi connectivity index (χ0v) is 18.9. The minimum absolute atomic E-state index is 0.132. The van der Waals surface area contributed by atoms with Gasteiger partial charge in [-0.3, -0.25) is 13.7 Å². The maximum absolute atomic E-state index is 9.79. The average Bonchev–Trinajstić information content (AvgIpc) is 2.44. The van der Waals surface area contributed by atoms with Crippen molar-refractivity contribution in [3.63, 3.8) is 0 Å². The Hall–Kier alpha value is -0.390. The Bertz CT molecular complexity index is 557. The molecule has 0 saturated heterocycles. The van der Waals surface area contributed by atoms with Crippen LogP contribution in [0.25, 0.3) is 0 Å². The van der Waals surface area contributed by atoms with Gasteiger partial charge in [0.25, 0.3) is 30.4 Å². The summed E-state index contributed by atoms with van der Waals surface area (Å²) in [5, 5.41) is 24.9. The first-order valence-corrected chi connectivity index (χ1v) is 13.0. The quantitative estimate of drug-likeness (QED) is 0.244. The molecule has 0 bridgehead atoms. The Balaban J connectivity index is -0.000000137. The van der Waals surface area contributed by atoms with Crippen LogP contribution >= 0.6 is 0 Å². The zero-order chi connectivity index (χ0) is 23.6. The molecule has 28 heavy (non-hydrogen) atoms. The zero-order valence-electron chi connectivity index (χ0n) is 16.5. The predicted molar refractivity (Wildman–Crippen MR) is 105 cm³/mol. The van der Waals surface area contributed by atoms with Gasteiger partial charge in [-0.1, -0.05) is 20.8 Å². The van der Waals surface area contributed by atoms with Gasteiger partial charge in [0, 0.05) is 0 Å². The topological polar surface area (TPSA) is 224 Å². The summed E-state index contributed by atoms with van der Waals surface area (Å²) in [5.74, 6) is -0.396. The lowest BCUT2D eigenvalue weighted by atomic mass is 10.2. The van der Waals surface area contributed by atoms with Crippen molar-refractivity contribution in [1.82, 2.24) is 0 Å². The predicted octanol–water partition coefficient (Wildman–Crippen LogP) is -0.427. The third-order valence-electron chi connectivity index (χ3n) is 2.13. The minimum atomic E-state index is -3.67. The molecule has 0 amide bonds. The largest absolute Gasteiger partial charge is 0.394 e. The highest BCUT2D eigenvalue weighted by molar-refractivity contribution is 7.86. The van der Waals surface area contributed by atoms with Gasteiger partial charge in [0.1, 0.15) is 6.10 Å². The molecule has 0 radical (unpaired) electrons. The standard InChI is InChI=1S/C4H10O3.3C3H8O3S/c1-3(6)4(7)2-5;3*1-2-3-7(4,5)6/h3-7H,2H2,1H3;3*2-3H2,1H3,(H,4,5,6). The molecule has 0 aliphatic carbocycles. The molecule has 0 rings (SSSR count). The van der Waals surface area contributed by atoms with Crippen LogP contribution < -0.4 is 0 Å². The lowest BCUT2D eigenvalue weighted by Crippen LogP contribution is -2.25. The van der Waals surface area contributed by atoms with E-state index in [1.54, 1.807) is 20.8 Å². The first-order chi connectivity index (χ1) is 12.4. The van der Waals surface area contributed by atoms with Gasteiger partial charge in [0.15, 0.2) is 0 Å². The molecule has 0 aromatic heterocycles. The van der Waals surface area contributed by atoms with Crippen LogP contribution in [0, 0.1) is 0 Å². The molecule has 0 saturated carbocycles. The van der Waals surface area contributed by atoms with Gasteiger partial charge in [0.2, 0.25) is 0 Å². The van der Waals surface area contributed by atoms with Crippen LogP contribution in [0.4, 0.5) is 0 Å². The van der Waals surface area contributed by atoms with E-state index in [2.05, 4.69) is 0 Å². The molecule has 12 nitrogen and oxygen atoms in total. The highest BCUT2D eigenvalue weighted by Gasteiger charge is 2.06. The van der Waals surface area contributed by atoms with Gasteiger partial charge in [-0.2, -0.15) is 25.3 Å². The van der Waals surface area contributed by atoms with Crippen LogP contribution in [-0.2, 0) is 30.4 Å². The van der Waals surface area contributed by atoms with Crippen molar-refractivity contribution in [2.24, 2.45) is 0 Å². The second-order valence-corrected chi connectivity index (χ2v) is 10.1. The maximum atomic E-state index is 9.79. The van der Waals surface area contributed by atoms with E-state index in [-0.39, 0.29) is 23.9 Å². The fourth-order valence-corrected chi connectivity index (χ4v) is 2.47. The third-order valence-corrected chi connectivity index (χ3v) is 4.90. The second kappa shape index (κ2) is 18.6. The van der Waals surface area contributed by atoms with Crippen molar-refractivity contribution in [3.8, 4) is 0 Å². The Kier molecular flexibility index (Phi) is 23.3. The fraction of sp³-hybridized carbons (Fsp3) is 1.00. The summed E-state index contributed by atoms with van der Waals surface area (Å²) in [7, 11) is -11.0. The average molecular weight is 479 g/mol. The van der Waals surface area contributed by atoms with Crippen LogP contribution in [-0.4, -0.2) is 90.3 Å². The van der Waals surface area contributed by atoms with Crippen LogP contribution in [0.1, 0.15) is 47.0 Å². The Morgan fingerprint density at radius 3 is 0.857 bits per heavy atom. The summed E-state index contributed by atoms with van der Waals surface area (Å²) in [6, 6.07) is 0. The van der Waals surface area contributed by atoms with E-state index in [9.17, 15) is 25.3 Å². The molecule has 0 fully saturated rings.